The Morgan fingerprint density at radius 1 is 1.06 bits per heavy atom. The molecule has 0 saturated heterocycles. The first-order valence-electron chi connectivity index (χ1n) is 11.0. The van der Waals surface area contributed by atoms with Crippen LogP contribution in [0.1, 0.15) is 35.3 Å². The van der Waals surface area contributed by atoms with Gasteiger partial charge in [-0.15, -0.1) is 0 Å². The Balaban J connectivity index is 1.91. The predicted octanol–water partition coefficient (Wildman–Crippen LogP) is 4.77. The number of carbonyl (C=O) groups is 1. The highest BCUT2D eigenvalue weighted by molar-refractivity contribution is 6.20. The van der Waals surface area contributed by atoms with Gasteiger partial charge in [0, 0.05) is 29.2 Å². The second-order valence-corrected chi connectivity index (χ2v) is 8.92. The van der Waals surface area contributed by atoms with E-state index in [9.17, 15) is 14.7 Å². The number of rotatable bonds is 5. The van der Waals surface area contributed by atoms with Gasteiger partial charge in [-0.2, -0.15) is 0 Å². The van der Waals surface area contributed by atoms with E-state index in [1.807, 2.05) is 36.4 Å². The molecule has 0 aliphatic carbocycles. The van der Waals surface area contributed by atoms with Gasteiger partial charge in [-0.05, 0) is 19.4 Å². The summed E-state index contributed by atoms with van der Waals surface area (Å²) in [5, 5.41) is 11.2. The predicted molar refractivity (Wildman–Crippen MR) is 129 cm³/mol. The van der Waals surface area contributed by atoms with Crippen molar-refractivity contribution in [1.29, 1.82) is 0 Å². The number of carbonyl (C=O) groups excluding carboxylic acids is 1. The Labute approximate surface area is 196 Å². The van der Waals surface area contributed by atoms with Gasteiger partial charge in [-0.1, -0.05) is 60.7 Å². The number of ketones is 1. The quantitative estimate of drug-likeness (QED) is 0.344. The third-order valence-electron chi connectivity index (χ3n) is 6.18. The van der Waals surface area contributed by atoms with E-state index in [1.54, 1.807) is 38.1 Å². The van der Waals surface area contributed by atoms with Crippen LogP contribution in [0.3, 0.4) is 0 Å². The molecule has 34 heavy (non-hydrogen) atoms. The van der Waals surface area contributed by atoms with Crippen molar-refractivity contribution in [2.75, 3.05) is 7.11 Å². The molecule has 3 aromatic carbocycles. The highest BCUT2D eigenvalue weighted by Gasteiger charge is 2.41. The molecule has 0 amide bonds. The van der Waals surface area contributed by atoms with E-state index in [4.69, 9.17) is 13.9 Å². The number of aliphatic hydroxyl groups is 1. The summed E-state index contributed by atoms with van der Waals surface area (Å²) in [5.41, 5.74) is 0.965. The summed E-state index contributed by atoms with van der Waals surface area (Å²) in [5.74, 6) is 0.400. The monoisotopic (exact) mass is 456 g/mol. The van der Waals surface area contributed by atoms with Crippen LogP contribution in [0.5, 0.6) is 11.5 Å². The van der Waals surface area contributed by atoms with Crippen LogP contribution < -0.4 is 15.1 Å². The normalized spacial score (nSPS) is 15.1. The van der Waals surface area contributed by atoms with Crippen LogP contribution in [0, 0.1) is 0 Å². The maximum atomic E-state index is 13.8. The molecular formula is C28H24O6. The highest BCUT2D eigenvalue weighted by atomic mass is 16.5. The van der Waals surface area contributed by atoms with Crippen molar-refractivity contribution in [2.24, 2.45) is 0 Å². The SMILES string of the molecule is COc1c2c(c(C(=O)c3ccccc3)c3oc(=O)cc(-c4ccccc4)c13)OC(C(C)(C)O)C2. The molecule has 6 heteroatoms. The molecule has 2 heterocycles. The first-order valence-corrected chi connectivity index (χ1v) is 11.0. The van der Waals surface area contributed by atoms with Crippen molar-refractivity contribution in [3.05, 3.63) is 93.8 Å². The van der Waals surface area contributed by atoms with Gasteiger partial charge < -0.3 is 19.0 Å². The van der Waals surface area contributed by atoms with E-state index in [0.29, 0.717) is 34.2 Å². The summed E-state index contributed by atoms with van der Waals surface area (Å²) >= 11 is 0. The Kier molecular flexibility index (Phi) is 5.25. The topological polar surface area (TPSA) is 86.0 Å². The Morgan fingerprint density at radius 3 is 2.32 bits per heavy atom. The summed E-state index contributed by atoms with van der Waals surface area (Å²) in [6.45, 7) is 3.31. The third kappa shape index (κ3) is 3.56. The number of ether oxygens (including phenoxy) is 2. The zero-order valence-corrected chi connectivity index (χ0v) is 19.1. The molecule has 0 fully saturated rings. The third-order valence-corrected chi connectivity index (χ3v) is 6.18. The molecule has 1 atom stereocenters. The zero-order valence-electron chi connectivity index (χ0n) is 19.1. The fraction of sp³-hybridized carbons (Fsp3) is 0.214. The molecule has 0 spiro atoms. The minimum atomic E-state index is -1.17. The van der Waals surface area contributed by atoms with Crippen molar-refractivity contribution < 1.29 is 23.8 Å². The molecule has 1 N–H and O–H groups in total. The van der Waals surface area contributed by atoms with Crippen molar-refractivity contribution >= 4 is 16.8 Å². The Bertz CT molecular complexity index is 1450. The molecule has 1 aliphatic rings. The van der Waals surface area contributed by atoms with E-state index in [-0.39, 0.29) is 22.7 Å². The van der Waals surface area contributed by atoms with Crippen molar-refractivity contribution in [1.82, 2.24) is 0 Å². The minimum absolute atomic E-state index is 0.104. The fourth-order valence-corrected chi connectivity index (χ4v) is 4.49. The summed E-state index contributed by atoms with van der Waals surface area (Å²) in [4.78, 5) is 26.5. The van der Waals surface area contributed by atoms with Gasteiger partial charge in [0.05, 0.1) is 18.1 Å². The summed E-state index contributed by atoms with van der Waals surface area (Å²) in [6.07, 6.45) is -0.275. The van der Waals surface area contributed by atoms with Crippen LogP contribution in [0.2, 0.25) is 0 Å². The van der Waals surface area contributed by atoms with E-state index < -0.39 is 17.3 Å². The second kappa shape index (κ2) is 8.15. The standard InChI is InChI=1S/C28H24O6/c1-28(2,31)20-14-19-25(32-3)22-18(16-10-6-4-7-11-16)15-21(29)34-27(22)23(26(19)33-20)24(30)17-12-8-5-9-13-17/h4-13,15,20,31H,14H2,1-3H3. The number of hydrogen-bond donors (Lipinski definition) is 1. The first kappa shape index (κ1) is 21.9. The summed E-state index contributed by atoms with van der Waals surface area (Å²) in [6, 6.07) is 19.6. The molecule has 1 unspecified atom stereocenters. The average Bonchev–Trinajstić information content (AvgIpc) is 3.28. The van der Waals surface area contributed by atoms with E-state index >= 15 is 0 Å². The van der Waals surface area contributed by atoms with Crippen LogP contribution in [-0.4, -0.2) is 29.7 Å². The Hall–Kier alpha value is -3.90. The van der Waals surface area contributed by atoms with Crippen molar-refractivity contribution in [2.45, 2.75) is 32.0 Å². The average molecular weight is 456 g/mol. The maximum absolute atomic E-state index is 13.8. The highest BCUT2D eigenvalue weighted by Crippen LogP contribution is 2.49. The lowest BCUT2D eigenvalue weighted by Gasteiger charge is -2.24. The number of benzene rings is 3. The largest absolute Gasteiger partial charge is 0.496 e. The molecule has 1 aromatic heterocycles. The lowest BCUT2D eigenvalue weighted by atomic mass is 9.90. The number of fused-ring (bicyclic) bond motifs is 2. The summed E-state index contributed by atoms with van der Waals surface area (Å²) in [7, 11) is 1.53. The van der Waals surface area contributed by atoms with E-state index in [2.05, 4.69) is 0 Å². The molecule has 0 saturated carbocycles. The maximum Gasteiger partial charge on any atom is 0.336 e. The van der Waals surface area contributed by atoms with Crippen LogP contribution >= 0.6 is 0 Å². The van der Waals surface area contributed by atoms with Gasteiger partial charge in [0.1, 0.15) is 23.2 Å². The Morgan fingerprint density at radius 2 is 1.71 bits per heavy atom. The van der Waals surface area contributed by atoms with Gasteiger partial charge in [0.25, 0.3) is 0 Å². The zero-order chi connectivity index (χ0) is 24.0. The van der Waals surface area contributed by atoms with E-state index in [0.717, 1.165) is 5.56 Å². The van der Waals surface area contributed by atoms with Crippen LogP contribution in [0.15, 0.2) is 75.9 Å². The van der Waals surface area contributed by atoms with Crippen molar-refractivity contribution in [3.63, 3.8) is 0 Å². The molecule has 6 nitrogen and oxygen atoms in total. The fourth-order valence-electron chi connectivity index (χ4n) is 4.49. The molecule has 5 rings (SSSR count). The first-order chi connectivity index (χ1) is 16.3. The number of hydrogen-bond acceptors (Lipinski definition) is 6. The second-order valence-electron chi connectivity index (χ2n) is 8.92. The number of methoxy groups -OCH3 is 1. The molecule has 0 bridgehead atoms. The van der Waals surface area contributed by atoms with Crippen molar-refractivity contribution in [3.8, 4) is 22.6 Å². The van der Waals surface area contributed by atoms with Gasteiger partial charge in [0.2, 0.25) is 5.78 Å². The van der Waals surface area contributed by atoms with Gasteiger partial charge in [-0.3, -0.25) is 4.79 Å². The van der Waals surface area contributed by atoms with Crippen LogP contribution in [0.4, 0.5) is 0 Å². The van der Waals surface area contributed by atoms with Gasteiger partial charge in [-0.25, -0.2) is 4.79 Å². The lowest BCUT2D eigenvalue weighted by Crippen LogP contribution is -2.39. The molecule has 1 aliphatic heterocycles. The molecule has 172 valence electrons. The van der Waals surface area contributed by atoms with Gasteiger partial charge in [0.15, 0.2) is 5.58 Å². The molecule has 4 aromatic rings. The molecule has 0 radical (unpaired) electrons. The smallest absolute Gasteiger partial charge is 0.336 e. The summed E-state index contributed by atoms with van der Waals surface area (Å²) < 4.78 is 17.7. The van der Waals surface area contributed by atoms with Crippen LogP contribution in [-0.2, 0) is 6.42 Å². The van der Waals surface area contributed by atoms with Crippen LogP contribution in [0.25, 0.3) is 22.1 Å². The minimum Gasteiger partial charge on any atom is -0.496 e. The van der Waals surface area contributed by atoms with E-state index in [1.165, 1.54) is 13.2 Å². The molecular weight excluding hydrogens is 432 g/mol. The van der Waals surface area contributed by atoms with Gasteiger partial charge >= 0.3 is 5.63 Å². The lowest BCUT2D eigenvalue weighted by molar-refractivity contribution is -0.0231.